The topological polar surface area (TPSA) is 9.23 Å². The van der Waals surface area contributed by atoms with Crippen molar-refractivity contribution in [1.29, 1.82) is 0 Å². The summed E-state index contributed by atoms with van der Waals surface area (Å²) in [6.45, 7) is 0.918. The fraction of sp³-hybridized carbons (Fsp3) is 0.600. The summed E-state index contributed by atoms with van der Waals surface area (Å²) in [6, 6.07) is 6.86. The van der Waals surface area contributed by atoms with Gasteiger partial charge in [-0.25, -0.2) is 4.39 Å². The molecule has 18 heavy (non-hydrogen) atoms. The van der Waals surface area contributed by atoms with Crippen LogP contribution in [0.4, 0.5) is 4.39 Å². The first kappa shape index (κ1) is 14.0. The van der Waals surface area contributed by atoms with Gasteiger partial charge in [-0.3, -0.25) is 0 Å². The van der Waals surface area contributed by atoms with E-state index in [1.54, 1.807) is 12.1 Å². The molecular weight excluding hydrogens is 295 g/mol. The highest BCUT2D eigenvalue weighted by Crippen LogP contribution is 2.22. The fourth-order valence-electron chi connectivity index (χ4n) is 2.42. The quantitative estimate of drug-likeness (QED) is 0.728. The summed E-state index contributed by atoms with van der Waals surface area (Å²) in [5.41, 5.74) is 1.06. The molecule has 2 unspecified atom stereocenters. The zero-order valence-electron chi connectivity index (χ0n) is 10.6. The molecule has 1 fully saturated rings. The number of alkyl halides is 1. The van der Waals surface area contributed by atoms with Crippen LogP contribution in [0.15, 0.2) is 24.3 Å². The van der Waals surface area contributed by atoms with Crippen molar-refractivity contribution in [2.45, 2.75) is 49.5 Å². The molecule has 2 atom stereocenters. The van der Waals surface area contributed by atoms with Crippen LogP contribution in [0.25, 0.3) is 0 Å². The second-order valence-corrected chi connectivity index (χ2v) is 6.29. The predicted molar refractivity (Wildman–Crippen MR) is 75.6 cm³/mol. The molecule has 0 N–H and O–H groups in total. The van der Waals surface area contributed by atoms with E-state index in [-0.39, 0.29) is 5.82 Å². The van der Waals surface area contributed by atoms with Gasteiger partial charge in [0.15, 0.2) is 0 Å². The van der Waals surface area contributed by atoms with Crippen LogP contribution in [0.5, 0.6) is 0 Å². The molecule has 1 heterocycles. The summed E-state index contributed by atoms with van der Waals surface area (Å²) in [7, 11) is 0. The highest BCUT2D eigenvalue weighted by molar-refractivity contribution is 9.09. The Balaban J connectivity index is 1.72. The third kappa shape index (κ3) is 4.69. The molecular formula is C15H20BrFO. The summed E-state index contributed by atoms with van der Waals surface area (Å²) in [5.74, 6) is -0.150. The largest absolute Gasteiger partial charge is 0.378 e. The molecule has 0 amide bonds. The molecule has 1 aromatic rings. The van der Waals surface area contributed by atoms with Crippen LogP contribution in [0.1, 0.15) is 37.7 Å². The van der Waals surface area contributed by atoms with Crippen LogP contribution < -0.4 is 0 Å². The van der Waals surface area contributed by atoms with Crippen molar-refractivity contribution < 1.29 is 9.13 Å². The lowest BCUT2D eigenvalue weighted by Gasteiger charge is -2.23. The van der Waals surface area contributed by atoms with Crippen molar-refractivity contribution in [1.82, 2.24) is 0 Å². The highest BCUT2D eigenvalue weighted by atomic mass is 79.9. The second-order valence-electron chi connectivity index (χ2n) is 5.00. The Kier molecular flexibility index (Phi) is 5.64. The van der Waals surface area contributed by atoms with Crippen molar-refractivity contribution in [2.75, 3.05) is 6.61 Å². The molecule has 1 saturated heterocycles. The van der Waals surface area contributed by atoms with E-state index in [4.69, 9.17) is 4.74 Å². The number of ether oxygens (including phenoxy) is 1. The molecule has 0 aromatic heterocycles. The molecule has 0 spiro atoms. The average molecular weight is 315 g/mol. The summed E-state index contributed by atoms with van der Waals surface area (Å²) < 4.78 is 18.8. The second kappa shape index (κ2) is 7.25. The molecule has 1 aliphatic heterocycles. The first-order chi connectivity index (χ1) is 8.74. The number of rotatable bonds is 5. The minimum Gasteiger partial charge on any atom is -0.378 e. The number of hydrogen-bond donors (Lipinski definition) is 0. The van der Waals surface area contributed by atoms with E-state index < -0.39 is 0 Å². The lowest BCUT2D eigenvalue weighted by atomic mass is 10.0. The zero-order valence-corrected chi connectivity index (χ0v) is 12.2. The number of benzene rings is 1. The Hall–Kier alpha value is -0.410. The maximum atomic E-state index is 13.1. The van der Waals surface area contributed by atoms with Crippen molar-refractivity contribution >= 4 is 15.9 Å². The zero-order chi connectivity index (χ0) is 12.8. The number of halogens is 2. The standard InChI is InChI=1S/C15H20BrFO/c16-13(7-8-15-6-1-2-9-18-15)10-12-4-3-5-14(17)11-12/h3-5,11,13,15H,1-2,6-10H2. The molecule has 0 radical (unpaired) electrons. The van der Waals surface area contributed by atoms with E-state index in [2.05, 4.69) is 15.9 Å². The summed E-state index contributed by atoms with van der Waals surface area (Å²) in [5, 5.41) is 0. The predicted octanol–water partition coefficient (Wildman–Crippen LogP) is 4.48. The van der Waals surface area contributed by atoms with Crippen molar-refractivity contribution in [3.8, 4) is 0 Å². The monoisotopic (exact) mass is 314 g/mol. The fourth-order valence-corrected chi connectivity index (χ4v) is 3.06. The molecule has 0 aliphatic carbocycles. The van der Waals surface area contributed by atoms with Gasteiger partial charge in [0, 0.05) is 11.4 Å². The average Bonchev–Trinajstić information content (AvgIpc) is 2.38. The summed E-state index contributed by atoms with van der Waals surface area (Å²) >= 11 is 3.69. The van der Waals surface area contributed by atoms with Crippen LogP contribution in [0.3, 0.4) is 0 Å². The van der Waals surface area contributed by atoms with Gasteiger partial charge in [0.2, 0.25) is 0 Å². The Labute approximate surface area is 117 Å². The molecule has 2 rings (SSSR count). The van der Waals surface area contributed by atoms with Gasteiger partial charge < -0.3 is 4.74 Å². The smallest absolute Gasteiger partial charge is 0.123 e. The molecule has 1 aromatic carbocycles. The number of hydrogen-bond acceptors (Lipinski definition) is 1. The van der Waals surface area contributed by atoms with Gasteiger partial charge in [0.1, 0.15) is 5.82 Å². The molecule has 1 aliphatic rings. The molecule has 0 saturated carbocycles. The summed E-state index contributed by atoms with van der Waals surface area (Å²) in [4.78, 5) is 0.407. The van der Waals surface area contributed by atoms with E-state index in [1.807, 2.05) is 6.07 Å². The van der Waals surface area contributed by atoms with Gasteiger partial charge in [0.05, 0.1) is 6.10 Å². The van der Waals surface area contributed by atoms with Crippen LogP contribution in [-0.4, -0.2) is 17.5 Å². The molecule has 1 nitrogen and oxygen atoms in total. The van der Waals surface area contributed by atoms with Gasteiger partial charge >= 0.3 is 0 Å². The van der Waals surface area contributed by atoms with Gasteiger partial charge in [-0.2, -0.15) is 0 Å². The van der Waals surface area contributed by atoms with Crippen LogP contribution in [0, 0.1) is 5.82 Å². The van der Waals surface area contributed by atoms with E-state index in [9.17, 15) is 4.39 Å². The normalized spacial score (nSPS) is 21.8. The Bertz CT molecular complexity index is 363. The Morgan fingerprint density at radius 3 is 3.00 bits per heavy atom. The van der Waals surface area contributed by atoms with Gasteiger partial charge in [-0.1, -0.05) is 28.1 Å². The molecule has 3 heteroatoms. The first-order valence-electron chi connectivity index (χ1n) is 6.74. The maximum absolute atomic E-state index is 13.1. The minimum atomic E-state index is -0.150. The first-order valence-corrected chi connectivity index (χ1v) is 7.66. The lowest BCUT2D eigenvalue weighted by molar-refractivity contribution is 0.0102. The Morgan fingerprint density at radius 2 is 2.28 bits per heavy atom. The van der Waals surface area contributed by atoms with Gasteiger partial charge in [0.25, 0.3) is 0 Å². The van der Waals surface area contributed by atoms with E-state index in [0.717, 1.165) is 31.4 Å². The van der Waals surface area contributed by atoms with Crippen molar-refractivity contribution in [3.63, 3.8) is 0 Å². The van der Waals surface area contributed by atoms with Crippen molar-refractivity contribution in [3.05, 3.63) is 35.6 Å². The maximum Gasteiger partial charge on any atom is 0.123 e. The summed E-state index contributed by atoms with van der Waals surface area (Å²) in [6.07, 6.45) is 7.20. The third-order valence-corrected chi connectivity index (χ3v) is 4.20. The lowest BCUT2D eigenvalue weighted by Crippen LogP contribution is -2.20. The Morgan fingerprint density at radius 1 is 1.39 bits per heavy atom. The van der Waals surface area contributed by atoms with E-state index >= 15 is 0 Å². The van der Waals surface area contributed by atoms with Crippen LogP contribution in [-0.2, 0) is 11.2 Å². The van der Waals surface area contributed by atoms with E-state index in [1.165, 1.54) is 25.3 Å². The SMILES string of the molecule is Fc1cccc(CC(Br)CCC2CCCCO2)c1. The molecule has 100 valence electrons. The van der Waals surface area contributed by atoms with Gasteiger partial charge in [-0.05, 0) is 56.2 Å². The molecule has 0 bridgehead atoms. The minimum absolute atomic E-state index is 0.150. The third-order valence-electron chi connectivity index (χ3n) is 3.42. The highest BCUT2D eigenvalue weighted by Gasteiger charge is 2.15. The van der Waals surface area contributed by atoms with E-state index in [0.29, 0.717) is 10.9 Å². The van der Waals surface area contributed by atoms with Gasteiger partial charge in [-0.15, -0.1) is 0 Å². The van der Waals surface area contributed by atoms with Crippen LogP contribution >= 0.6 is 15.9 Å². The van der Waals surface area contributed by atoms with Crippen molar-refractivity contribution in [2.24, 2.45) is 0 Å². The van der Waals surface area contributed by atoms with Crippen LogP contribution in [0.2, 0.25) is 0 Å².